The van der Waals surface area contributed by atoms with Gasteiger partial charge in [-0.2, -0.15) is 11.8 Å². The molecule has 13 heavy (non-hydrogen) atoms. The second-order valence-electron chi connectivity index (χ2n) is 3.71. The van der Waals surface area contributed by atoms with Crippen molar-refractivity contribution < 1.29 is 0 Å². The van der Waals surface area contributed by atoms with Gasteiger partial charge in [-0.05, 0) is 31.8 Å². The van der Waals surface area contributed by atoms with Crippen LogP contribution >= 0.6 is 11.8 Å². The third-order valence-corrected chi connectivity index (χ3v) is 3.57. The quantitative estimate of drug-likeness (QED) is 0.671. The highest BCUT2D eigenvalue weighted by Crippen LogP contribution is 2.21. The summed E-state index contributed by atoms with van der Waals surface area (Å²) in [5, 5.41) is 3.13. The van der Waals surface area contributed by atoms with Gasteiger partial charge in [-0.25, -0.2) is 0 Å². The summed E-state index contributed by atoms with van der Waals surface area (Å²) in [6.07, 6.45) is 1.34. The zero-order valence-electron chi connectivity index (χ0n) is 8.68. The van der Waals surface area contributed by atoms with Gasteiger partial charge in [0.2, 0.25) is 0 Å². The lowest BCUT2D eigenvalue weighted by Gasteiger charge is -2.24. The van der Waals surface area contributed by atoms with E-state index in [9.17, 15) is 0 Å². The van der Waals surface area contributed by atoms with Gasteiger partial charge in [-0.1, -0.05) is 6.58 Å². The van der Waals surface area contributed by atoms with E-state index in [1.54, 1.807) is 0 Å². The number of nitrogens with one attached hydrogen (secondary N) is 1. The van der Waals surface area contributed by atoms with Crippen molar-refractivity contribution in [2.24, 2.45) is 0 Å². The normalized spacial score (nSPS) is 22.5. The highest BCUT2D eigenvalue weighted by atomic mass is 32.2. The molecule has 0 bridgehead atoms. The van der Waals surface area contributed by atoms with Crippen molar-refractivity contribution in [1.29, 1.82) is 0 Å². The van der Waals surface area contributed by atoms with Gasteiger partial charge in [0.15, 0.2) is 0 Å². The molecule has 0 radical (unpaired) electrons. The number of hydrogen-bond donors (Lipinski definition) is 1. The van der Waals surface area contributed by atoms with Gasteiger partial charge in [-0.15, -0.1) is 0 Å². The Morgan fingerprint density at radius 1 is 1.69 bits per heavy atom. The Balaban J connectivity index is 2.22. The lowest BCUT2D eigenvalue weighted by atomic mass is 10.2. The predicted molar refractivity (Wildman–Crippen MR) is 61.4 cm³/mol. The van der Waals surface area contributed by atoms with Gasteiger partial charge in [0.1, 0.15) is 0 Å². The predicted octanol–water partition coefficient (Wildman–Crippen LogP) is 1.20. The van der Waals surface area contributed by atoms with Gasteiger partial charge in [-0.3, -0.25) is 4.90 Å². The van der Waals surface area contributed by atoms with E-state index in [2.05, 4.69) is 35.6 Å². The molecular formula is C10H20N2S. The molecule has 0 amide bonds. The minimum atomic E-state index is 0.776. The molecule has 1 fully saturated rings. The third kappa shape index (κ3) is 3.71. The van der Waals surface area contributed by atoms with Crippen LogP contribution in [0.1, 0.15) is 6.42 Å². The Kier molecular flexibility index (Phi) is 4.84. The monoisotopic (exact) mass is 200 g/mol. The Bertz CT molecular complexity index is 164. The van der Waals surface area contributed by atoms with Crippen molar-refractivity contribution in [3.05, 3.63) is 12.2 Å². The van der Waals surface area contributed by atoms with E-state index in [0.29, 0.717) is 0 Å². The Hall–Kier alpha value is 0.0100. The molecule has 76 valence electrons. The lowest BCUT2D eigenvalue weighted by Crippen LogP contribution is -2.34. The summed E-state index contributed by atoms with van der Waals surface area (Å²) in [6, 6.07) is 0.776. The molecule has 0 aromatic carbocycles. The average molecular weight is 200 g/mol. The summed E-state index contributed by atoms with van der Waals surface area (Å²) >= 11 is 2.06. The molecule has 1 aliphatic heterocycles. The minimum Gasteiger partial charge on any atom is -0.316 e. The van der Waals surface area contributed by atoms with Crippen LogP contribution in [0.25, 0.3) is 0 Å². The molecule has 1 rings (SSSR count). The van der Waals surface area contributed by atoms with Crippen LogP contribution in [0.15, 0.2) is 12.2 Å². The first-order chi connectivity index (χ1) is 6.24. The Morgan fingerprint density at radius 2 is 2.46 bits per heavy atom. The van der Waals surface area contributed by atoms with Crippen LogP contribution in [-0.2, 0) is 0 Å². The SMILES string of the molecule is C=C(CNC)CN(C)C1CCSC1. The van der Waals surface area contributed by atoms with Crippen LogP contribution in [0.2, 0.25) is 0 Å². The van der Waals surface area contributed by atoms with Crippen LogP contribution < -0.4 is 5.32 Å². The molecule has 1 saturated heterocycles. The zero-order chi connectivity index (χ0) is 9.68. The maximum atomic E-state index is 4.04. The van der Waals surface area contributed by atoms with Gasteiger partial charge in [0.25, 0.3) is 0 Å². The van der Waals surface area contributed by atoms with E-state index >= 15 is 0 Å². The first-order valence-electron chi connectivity index (χ1n) is 4.83. The fourth-order valence-corrected chi connectivity index (χ4v) is 2.96. The zero-order valence-corrected chi connectivity index (χ0v) is 9.49. The van der Waals surface area contributed by atoms with E-state index in [1.807, 2.05) is 7.05 Å². The highest BCUT2D eigenvalue weighted by molar-refractivity contribution is 7.99. The topological polar surface area (TPSA) is 15.3 Å². The number of nitrogens with zero attached hydrogens (tertiary/aromatic N) is 1. The average Bonchev–Trinajstić information content (AvgIpc) is 2.55. The van der Waals surface area contributed by atoms with Crippen LogP contribution in [-0.4, -0.2) is 49.6 Å². The molecule has 0 saturated carbocycles. The molecule has 1 N–H and O–H groups in total. The van der Waals surface area contributed by atoms with Crippen molar-refractivity contribution >= 4 is 11.8 Å². The summed E-state index contributed by atoms with van der Waals surface area (Å²) in [6.45, 7) is 6.01. The highest BCUT2D eigenvalue weighted by Gasteiger charge is 2.19. The van der Waals surface area contributed by atoms with E-state index in [1.165, 1.54) is 23.5 Å². The van der Waals surface area contributed by atoms with E-state index in [0.717, 1.165) is 19.1 Å². The molecule has 0 aromatic rings. The molecular weight excluding hydrogens is 180 g/mol. The first-order valence-corrected chi connectivity index (χ1v) is 5.98. The van der Waals surface area contributed by atoms with Crippen LogP contribution in [0.3, 0.4) is 0 Å². The van der Waals surface area contributed by atoms with Gasteiger partial charge in [0, 0.05) is 24.9 Å². The standard InChI is InChI=1S/C10H20N2S/c1-9(6-11-2)7-12(3)10-4-5-13-8-10/h10-11H,1,4-8H2,2-3H3. The fourth-order valence-electron chi connectivity index (χ4n) is 1.66. The van der Waals surface area contributed by atoms with E-state index in [4.69, 9.17) is 0 Å². The molecule has 1 atom stereocenters. The summed E-state index contributed by atoms with van der Waals surface area (Å²) < 4.78 is 0. The number of rotatable bonds is 5. The van der Waals surface area contributed by atoms with Crippen molar-refractivity contribution in [2.75, 3.05) is 38.7 Å². The molecule has 1 unspecified atom stereocenters. The summed E-state index contributed by atoms with van der Waals surface area (Å²) in [5.41, 5.74) is 1.28. The molecule has 1 aliphatic rings. The molecule has 0 spiro atoms. The lowest BCUT2D eigenvalue weighted by molar-refractivity contribution is 0.282. The molecule has 2 nitrogen and oxygen atoms in total. The Labute approximate surface area is 85.8 Å². The van der Waals surface area contributed by atoms with Crippen molar-refractivity contribution in [3.8, 4) is 0 Å². The maximum Gasteiger partial charge on any atom is 0.0203 e. The smallest absolute Gasteiger partial charge is 0.0203 e. The molecule has 3 heteroatoms. The fraction of sp³-hybridized carbons (Fsp3) is 0.800. The van der Waals surface area contributed by atoms with E-state index in [-0.39, 0.29) is 0 Å². The van der Waals surface area contributed by atoms with E-state index < -0.39 is 0 Å². The summed E-state index contributed by atoms with van der Waals surface area (Å²) in [4.78, 5) is 2.43. The van der Waals surface area contributed by atoms with Crippen LogP contribution in [0, 0.1) is 0 Å². The second-order valence-corrected chi connectivity index (χ2v) is 4.86. The van der Waals surface area contributed by atoms with Crippen molar-refractivity contribution in [3.63, 3.8) is 0 Å². The molecule has 0 aliphatic carbocycles. The van der Waals surface area contributed by atoms with Crippen molar-refractivity contribution in [1.82, 2.24) is 10.2 Å². The number of likely N-dealkylation sites (N-methyl/N-ethyl adjacent to an activating group) is 2. The largest absolute Gasteiger partial charge is 0.316 e. The Morgan fingerprint density at radius 3 is 3.00 bits per heavy atom. The second kappa shape index (κ2) is 5.68. The van der Waals surface area contributed by atoms with Gasteiger partial charge < -0.3 is 5.32 Å². The summed E-state index contributed by atoms with van der Waals surface area (Å²) in [7, 11) is 4.17. The number of thioether (sulfide) groups is 1. The first kappa shape index (κ1) is 11.1. The van der Waals surface area contributed by atoms with Crippen LogP contribution in [0.5, 0.6) is 0 Å². The third-order valence-electron chi connectivity index (χ3n) is 2.43. The van der Waals surface area contributed by atoms with Gasteiger partial charge >= 0.3 is 0 Å². The molecule has 1 heterocycles. The van der Waals surface area contributed by atoms with Gasteiger partial charge in [0.05, 0.1) is 0 Å². The minimum absolute atomic E-state index is 0.776. The maximum absolute atomic E-state index is 4.04. The molecule has 0 aromatic heterocycles. The summed E-state index contributed by atoms with van der Waals surface area (Å²) in [5.74, 6) is 2.62. The van der Waals surface area contributed by atoms with Crippen molar-refractivity contribution in [2.45, 2.75) is 12.5 Å². The number of hydrogen-bond acceptors (Lipinski definition) is 3. The van der Waals surface area contributed by atoms with Crippen LogP contribution in [0.4, 0.5) is 0 Å².